The molecule has 1 saturated heterocycles. The van der Waals surface area contributed by atoms with E-state index in [0.29, 0.717) is 13.1 Å². The second kappa shape index (κ2) is 7.69. The molecule has 0 saturated carbocycles. The largest absolute Gasteiger partial charge is 0.356 e. The summed E-state index contributed by atoms with van der Waals surface area (Å²) in [5.41, 5.74) is 0.781. The number of halogens is 1. The number of carbonyl (C=O) groups is 1. The number of rotatable bonds is 5. The molecule has 0 spiro atoms. The van der Waals surface area contributed by atoms with E-state index in [2.05, 4.69) is 25.3 Å². The minimum atomic E-state index is -0.529. The first-order chi connectivity index (χ1) is 13.2. The van der Waals surface area contributed by atoms with Gasteiger partial charge >= 0.3 is 0 Å². The lowest BCUT2D eigenvalue weighted by molar-refractivity contribution is 0.0948. The molecule has 1 aliphatic rings. The number of fused-ring (bicyclic) bond motifs is 1. The average Bonchev–Trinajstić information content (AvgIpc) is 3.12. The summed E-state index contributed by atoms with van der Waals surface area (Å²) in [6.07, 6.45) is 6.93. The van der Waals surface area contributed by atoms with Crippen LogP contribution in [-0.2, 0) is 6.54 Å². The fourth-order valence-corrected chi connectivity index (χ4v) is 3.42. The highest BCUT2D eigenvalue weighted by Gasteiger charge is 2.18. The zero-order chi connectivity index (χ0) is 18.6. The van der Waals surface area contributed by atoms with Crippen LogP contribution in [0.1, 0.15) is 29.6 Å². The number of carbonyl (C=O) groups excluding carboxylic acids is 1. The highest BCUT2D eigenvalue weighted by Crippen LogP contribution is 2.25. The van der Waals surface area contributed by atoms with Crippen LogP contribution >= 0.6 is 0 Å². The monoisotopic (exact) mass is 368 g/mol. The third-order valence-electron chi connectivity index (χ3n) is 4.80. The summed E-state index contributed by atoms with van der Waals surface area (Å²) in [4.78, 5) is 23.2. The fraction of sp³-hybridized carbons (Fsp3) is 0.368. The predicted molar refractivity (Wildman–Crippen MR) is 100 cm³/mol. The van der Waals surface area contributed by atoms with Crippen molar-refractivity contribution in [2.24, 2.45) is 0 Å². The van der Waals surface area contributed by atoms with Crippen LogP contribution < -0.4 is 10.2 Å². The van der Waals surface area contributed by atoms with Crippen molar-refractivity contribution < 1.29 is 9.18 Å². The Morgan fingerprint density at radius 1 is 1.15 bits per heavy atom. The third kappa shape index (κ3) is 3.60. The van der Waals surface area contributed by atoms with E-state index in [0.717, 1.165) is 29.9 Å². The number of amides is 1. The van der Waals surface area contributed by atoms with Crippen molar-refractivity contribution in [3.63, 3.8) is 0 Å². The first kappa shape index (κ1) is 17.4. The zero-order valence-electron chi connectivity index (χ0n) is 14.9. The van der Waals surface area contributed by atoms with Gasteiger partial charge in [0.15, 0.2) is 5.65 Å². The number of anilines is 1. The number of hydrogen-bond donors (Lipinski definition) is 1. The van der Waals surface area contributed by atoms with Gasteiger partial charge in [0.25, 0.3) is 5.91 Å². The number of nitrogens with one attached hydrogen (secondary N) is 1. The summed E-state index contributed by atoms with van der Waals surface area (Å²) >= 11 is 0. The third-order valence-corrected chi connectivity index (χ3v) is 4.80. The molecule has 27 heavy (non-hydrogen) atoms. The highest BCUT2D eigenvalue weighted by molar-refractivity contribution is 5.94. The maximum absolute atomic E-state index is 13.7. The molecule has 1 aliphatic heterocycles. The number of benzene rings is 1. The van der Waals surface area contributed by atoms with Crippen LogP contribution in [0.15, 0.2) is 36.8 Å². The highest BCUT2D eigenvalue weighted by atomic mass is 19.1. The van der Waals surface area contributed by atoms with Gasteiger partial charge in [-0.25, -0.2) is 19.0 Å². The Morgan fingerprint density at radius 2 is 1.96 bits per heavy atom. The normalized spacial score (nSPS) is 14.5. The molecule has 2 aromatic heterocycles. The first-order valence-electron chi connectivity index (χ1n) is 9.18. The van der Waals surface area contributed by atoms with Gasteiger partial charge in [0, 0.05) is 19.6 Å². The standard InChI is InChI=1S/C19H21FN6O/c20-16-7-3-2-6-14(16)19(27)21-8-11-26-18-15(12-24-26)17(22-13-23-18)25-9-4-1-5-10-25/h2-3,6-7,12-13H,1,4-5,8-11H2,(H,21,27). The Morgan fingerprint density at radius 3 is 2.78 bits per heavy atom. The summed E-state index contributed by atoms with van der Waals surface area (Å²) in [6, 6.07) is 5.93. The van der Waals surface area contributed by atoms with Gasteiger partial charge in [-0.1, -0.05) is 12.1 Å². The maximum Gasteiger partial charge on any atom is 0.254 e. The molecule has 0 aliphatic carbocycles. The van der Waals surface area contributed by atoms with Crippen molar-refractivity contribution in [3.8, 4) is 0 Å². The fourth-order valence-electron chi connectivity index (χ4n) is 3.42. The van der Waals surface area contributed by atoms with E-state index in [-0.39, 0.29) is 5.56 Å². The van der Waals surface area contributed by atoms with Crippen molar-refractivity contribution in [1.82, 2.24) is 25.1 Å². The molecule has 1 aromatic carbocycles. The predicted octanol–water partition coefficient (Wildman–Crippen LogP) is 2.39. The van der Waals surface area contributed by atoms with Crippen molar-refractivity contribution >= 4 is 22.8 Å². The zero-order valence-corrected chi connectivity index (χ0v) is 14.9. The molecule has 7 nitrogen and oxygen atoms in total. The molecule has 3 heterocycles. The quantitative estimate of drug-likeness (QED) is 0.748. The molecular weight excluding hydrogens is 347 g/mol. The van der Waals surface area contributed by atoms with Gasteiger partial charge in [-0.2, -0.15) is 5.10 Å². The molecule has 4 rings (SSSR count). The van der Waals surface area contributed by atoms with E-state index in [1.54, 1.807) is 29.3 Å². The Hall–Kier alpha value is -3.03. The van der Waals surface area contributed by atoms with E-state index >= 15 is 0 Å². The van der Waals surface area contributed by atoms with Crippen molar-refractivity contribution in [1.29, 1.82) is 0 Å². The first-order valence-corrected chi connectivity index (χ1v) is 9.18. The van der Waals surface area contributed by atoms with Gasteiger partial charge in [0.05, 0.1) is 23.7 Å². The summed E-state index contributed by atoms with van der Waals surface area (Å²) in [6.45, 7) is 2.76. The lowest BCUT2D eigenvalue weighted by atomic mass is 10.1. The molecule has 0 radical (unpaired) electrons. The summed E-state index contributed by atoms with van der Waals surface area (Å²) < 4.78 is 15.4. The molecule has 0 atom stereocenters. The van der Waals surface area contributed by atoms with E-state index in [4.69, 9.17) is 0 Å². The van der Waals surface area contributed by atoms with Crippen LogP contribution in [0.5, 0.6) is 0 Å². The Balaban J connectivity index is 1.45. The summed E-state index contributed by atoms with van der Waals surface area (Å²) in [5.74, 6) is -0.0482. The molecule has 1 fully saturated rings. The number of aromatic nitrogens is 4. The maximum atomic E-state index is 13.7. The van der Waals surface area contributed by atoms with E-state index in [1.807, 2.05) is 0 Å². The minimum Gasteiger partial charge on any atom is -0.356 e. The molecule has 1 amide bonds. The van der Waals surface area contributed by atoms with Crippen LogP contribution in [0.25, 0.3) is 11.0 Å². The Kier molecular flexibility index (Phi) is 4.95. The van der Waals surface area contributed by atoms with Gasteiger partial charge in [0.2, 0.25) is 0 Å². The average molecular weight is 368 g/mol. The smallest absolute Gasteiger partial charge is 0.254 e. The second-order valence-electron chi connectivity index (χ2n) is 6.59. The lowest BCUT2D eigenvalue weighted by Crippen LogP contribution is -2.30. The number of nitrogens with zero attached hydrogens (tertiary/aromatic N) is 5. The number of piperidine rings is 1. The van der Waals surface area contributed by atoms with Crippen molar-refractivity contribution in [2.75, 3.05) is 24.5 Å². The topological polar surface area (TPSA) is 75.9 Å². The van der Waals surface area contributed by atoms with Crippen molar-refractivity contribution in [3.05, 3.63) is 48.2 Å². The summed E-state index contributed by atoms with van der Waals surface area (Å²) in [5, 5.41) is 8.04. The lowest BCUT2D eigenvalue weighted by Gasteiger charge is -2.27. The minimum absolute atomic E-state index is 0.0394. The van der Waals surface area contributed by atoms with Gasteiger partial charge in [-0.05, 0) is 31.4 Å². The second-order valence-corrected chi connectivity index (χ2v) is 6.59. The van der Waals surface area contributed by atoms with Gasteiger partial charge in [0.1, 0.15) is 18.0 Å². The molecule has 0 bridgehead atoms. The van der Waals surface area contributed by atoms with Crippen LogP contribution in [-0.4, -0.2) is 45.3 Å². The molecule has 1 N–H and O–H groups in total. The SMILES string of the molecule is O=C(NCCn1ncc2c(N3CCCCC3)ncnc21)c1ccccc1F. The van der Waals surface area contributed by atoms with Crippen LogP contribution in [0.2, 0.25) is 0 Å². The molecule has 8 heteroatoms. The summed E-state index contributed by atoms with van der Waals surface area (Å²) in [7, 11) is 0. The molecule has 0 unspecified atom stereocenters. The van der Waals surface area contributed by atoms with E-state index in [9.17, 15) is 9.18 Å². The van der Waals surface area contributed by atoms with Crippen LogP contribution in [0.3, 0.4) is 0 Å². The van der Waals surface area contributed by atoms with Gasteiger partial charge in [-0.15, -0.1) is 0 Å². The number of hydrogen-bond acceptors (Lipinski definition) is 5. The molecule has 3 aromatic rings. The van der Waals surface area contributed by atoms with Crippen molar-refractivity contribution in [2.45, 2.75) is 25.8 Å². The van der Waals surface area contributed by atoms with Gasteiger partial charge < -0.3 is 10.2 Å². The molecular formula is C19H21FN6O. The van der Waals surface area contributed by atoms with E-state index < -0.39 is 11.7 Å². The van der Waals surface area contributed by atoms with Crippen LogP contribution in [0, 0.1) is 5.82 Å². The Bertz CT molecular complexity index is 950. The van der Waals surface area contributed by atoms with E-state index in [1.165, 1.54) is 31.4 Å². The van der Waals surface area contributed by atoms with Gasteiger partial charge in [-0.3, -0.25) is 4.79 Å². The Labute approximate surface area is 156 Å². The molecule has 140 valence electrons. The van der Waals surface area contributed by atoms with Crippen LogP contribution in [0.4, 0.5) is 10.2 Å².